The summed E-state index contributed by atoms with van der Waals surface area (Å²) in [6, 6.07) is -0.283. The highest BCUT2D eigenvalue weighted by atomic mass is 32.2. The highest BCUT2D eigenvalue weighted by molar-refractivity contribution is 7.92. The van der Waals surface area contributed by atoms with Crippen LogP contribution in [0.1, 0.15) is 13.8 Å². The maximum atomic E-state index is 11.5. The van der Waals surface area contributed by atoms with Crippen LogP contribution >= 0.6 is 0 Å². The van der Waals surface area contributed by atoms with Gasteiger partial charge < -0.3 is 0 Å². The zero-order valence-electron chi connectivity index (χ0n) is 9.17. The molecule has 0 aliphatic rings. The van der Waals surface area contributed by atoms with Crippen LogP contribution in [0.5, 0.6) is 0 Å². The Balaban J connectivity index is 4.80. The van der Waals surface area contributed by atoms with Gasteiger partial charge in [0.25, 0.3) is 0 Å². The first-order chi connectivity index (χ1) is 6.60. The fourth-order valence-electron chi connectivity index (χ4n) is 1.03. The van der Waals surface area contributed by atoms with E-state index in [0.29, 0.717) is 0 Å². The zero-order chi connectivity index (χ0) is 12.3. The van der Waals surface area contributed by atoms with Gasteiger partial charge >= 0.3 is 0 Å². The Morgan fingerprint density at radius 2 is 1.73 bits per heavy atom. The van der Waals surface area contributed by atoms with E-state index in [1.807, 2.05) is 0 Å². The summed E-state index contributed by atoms with van der Waals surface area (Å²) in [6.07, 6.45) is 1.08. The Kier molecular flexibility index (Phi) is 4.95. The van der Waals surface area contributed by atoms with Crippen LogP contribution in [0.4, 0.5) is 0 Å². The largest absolute Gasteiger partial charge is 0.235 e. The van der Waals surface area contributed by atoms with Crippen molar-refractivity contribution in [3.63, 3.8) is 0 Å². The van der Waals surface area contributed by atoms with Crippen LogP contribution in [-0.4, -0.2) is 45.7 Å². The van der Waals surface area contributed by atoms with E-state index in [4.69, 9.17) is 0 Å². The average molecular weight is 255 g/mol. The lowest BCUT2D eigenvalue weighted by atomic mass is 10.4. The lowest BCUT2D eigenvalue weighted by molar-refractivity contribution is 0.374. The lowest BCUT2D eigenvalue weighted by Crippen LogP contribution is -2.38. The van der Waals surface area contributed by atoms with Crippen molar-refractivity contribution in [2.75, 3.05) is 18.6 Å². The third kappa shape index (κ3) is 5.29. The Bertz CT molecular complexity index is 408. The fraction of sp³-hybridized carbons (Fsp3) is 0.750. The average Bonchev–Trinajstić information content (AvgIpc) is 2.01. The van der Waals surface area contributed by atoms with Crippen LogP contribution in [0.25, 0.3) is 0 Å². The molecule has 0 aromatic heterocycles. The topological polar surface area (TPSA) is 71.5 Å². The first-order valence-electron chi connectivity index (χ1n) is 4.42. The summed E-state index contributed by atoms with van der Waals surface area (Å²) in [7, 11) is -6.71. The van der Waals surface area contributed by atoms with E-state index in [9.17, 15) is 16.8 Å². The van der Waals surface area contributed by atoms with Crippen molar-refractivity contribution in [3.8, 4) is 0 Å². The Morgan fingerprint density at radius 3 is 2.00 bits per heavy atom. The van der Waals surface area contributed by atoms with E-state index < -0.39 is 19.9 Å². The first kappa shape index (κ1) is 14.6. The van der Waals surface area contributed by atoms with Crippen molar-refractivity contribution in [1.82, 2.24) is 4.31 Å². The molecule has 0 aliphatic heterocycles. The van der Waals surface area contributed by atoms with E-state index >= 15 is 0 Å². The highest BCUT2D eigenvalue weighted by Gasteiger charge is 2.22. The summed E-state index contributed by atoms with van der Waals surface area (Å²) in [5, 5.41) is 0.829. The van der Waals surface area contributed by atoms with Gasteiger partial charge in [0.2, 0.25) is 10.0 Å². The number of sulfonamides is 1. The van der Waals surface area contributed by atoms with Crippen LogP contribution < -0.4 is 0 Å². The first-order valence-corrected chi connectivity index (χ1v) is 7.98. The summed E-state index contributed by atoms with van der Waals surface area (Å²) in [4.78, 5) is 0. The minimum absolute atomic E-state index is 0.0369. The van der Waals surface area contributed by atoms with E-state index in [-0.39, 0.29) is 18.3 Å². The number of hydrogen-bond donors (Lipinski definition) is 0. The summed E-state index contributed by atoms with van der Waals surface area (Å²) < 4.78 is 45.9. The third-order valence-electron chi connectivity index (χ3n) is 1.80. The van der Waals surface area contributed by atoms with Gasteiger partial charge in [0.05, 0.1) is 5.75 Å². The van der Waals surface area contributed by atoms with E-state index in [2.05, 4.69) is 6.58 Å². The molecule has 5 nitrogen and oxygen atoms in total. The number of sulfone groups is 1. The van der Waals surface area contributed by atoms with Gasteiger partial charge in [0, 0.05) is 24.3 Å². The standard InChI is InChI=1S/C8H17NO4S2/c1-5-15(12,13)9(8(2)3)6-7-14(4,10)11/h5,8H,1,6-7H2,2-4H3. The second kappa shape index (κ2) is 5.09. The molecule has 0 amide bonds. The normalized spacial score (nSPS) is 13.4. The van der Waals surface area contributed by atoms with Crippen molar-refractivity contribution >= 4 is 19.9 Å². The lowest BCUT2D eigenvalue weighted by Gasteiger charge is -2.23. The predicted molar refractivity (Wildman–Crippen MR) is 60.7 cm³/mol. The molecule has 0 radical (unpaired) electrons. The van der Waals surface area contributed by atoms with Crippen molar-refractivity contribution in [2.24, 2.45) is 0 Å². The van der Waals surface area contributed by atoms with Gasteiger partial charge in [0.15, 0.2) is 0 Å². The maximum Gasteiger partial charge on any atom is 0.235 e. The molecule has 0 N–H and O–H groups in total. The minimum atomic E-state index is -3.55. The van der Waals surface area contributed by atoms with Crippen LogP contribution in [0.15, 0.2) is 12.0 Å². The van der Waals surface area contributed by atoms with Crippen LogP contribution in [0.2, 0.25) is 0 Å². The molecule has 0 aromatic rings. The predicted octanol–water partition coefficient (Wildman–Crippen LogP) is 0.215. The van der Waals surface area contributed by atoms with Crippen LogP contribution in [-0.2, 0) is 19.9 Å². The van der Waals surface area contributed by atoms with Gasteiger partial charge in [-0.25, -0.2) is 16.8 Å². The minimum Gasteiger partial charge on any atom is -0.229 e. The van der Waals surface area contributed by atoms with Crippen molar-refractivity contribution < 1.29 is 16.8 Å². The molecule has 0 fully saturated rings. The third-order valence-corrected chi connectivity index (χ3v) is 4.40. The van der Waals surface area contributed by atoms with Gasteiger partial charge in [0.1, 0.15) is 9.84 Å². The molecule has 0 spiro atoms. The summed E-state index contributed by atoms with van der Waals surface area (Å²) >= 11 is 0. The molecule has 15 heavy (non-hydrogen) atoms. The van der Waals surface area contributed by atoms with E-state index in [0.717, 1.165) is 16.0 Å². The Hall–Kier alpha value is -0.400. The van der Waals surface area contributed by atoms with Crippen molar-refractivity contribution in [1.29, 1.82) is 0 Å². The van der Waals surface area contributed by atoms with Gasteiger partial charge in [-0.2, -0.15) is 4.31 Å². The smallest absolute Gasteiger partial charge is 0.229 e. The molecule has 90 valence electrons. The quantitative estimate of drug-likeness (QED) is 0.680. The molecule has 0 aromatic carbocycles. The number of nitrogens with zero attached hydrogens (tertiary/aromatic N) is 1. The molecular formula is C8H17NO4S2. The van der Waals surface area contributed by atoms with Gasteiger partial charge in [-0.05, 0) is 13.8 Å². The van der Waals surface area contributed by atoms with E-state index in [1.54, 1.807) is 13.8 Å². The summed E-state index contributed by atoms with van der Waals surface area (Å²) in [5.41, 5.74) is 0. The molecule has 0 bridgehead atoms. The highest BCUT2D eigenvalue weighted by Crippen LogP contribution is 2.08. The van der Waals surface area contributed by atoms with Gasteiger partial charge in [-0.1, -0.05) is 6.58 Å². The second-order valence-corrected chi connectivity index (χ2v) is 7.64. The van der Waals surface area contributed by atoms with Crippen molar-refractivity contribution in [3.05, 3.63) is 12.0 Å². The number of rotatable bonds is 6. The molecule has 0 saturated heterocycles. The Labute approximate surface area is 91.8 Å². The molecule has 0 unspecified atom stereocenters. The maximum absolute atomic E-state index is 11.5. The van der Waals surface area contributed by atoms with Crippen LogP contribution in [0, 0.1) is 0 Å². The van der Waals surface area contributed by atoms with Gasteiger partial charge in [-0.3, -0.25) is 0 Å². The molecule has 0 atom stereocenters. The molecule has 7 heteroatoms. The molecule has 0 saturated carbocycles. The van der Waals surface area contributed by atoms with Crippen LogP contribution in [0.3, 0.4) is 0 Å². The molecule has 0 heterocycles. The fourth-order valence-corrected chi connectivity index (χ4v) is 2.80. The summed E-state index contributed by atoms with van der Waals surface area (Å²) in [6.45, 7) is 6.53. The number of hydrogen-bond acceptors (Lipinski definition) is 4. The molecule has 0 rings (SSSR count). The van der Waals surface area contributed by atoms with E-state index in [1.165, 1.54) is 0 Å². The monoisotopic (exact) mass is 255 g/mol. The second-order valence-electron chi connectivity index (χ2n) is 3.55. The molecule has 0 aliphatic carbocycles. The summed E-state index contributed by atoms with van der Waals surface area (Å²) in [5.74, 6) is -0.182. The SMILES string of the molecule is C=CS(=O)(=O)N(CCS(C)(=O)=O)C(C)C. The Morgan fingerprint density at radius 1 is 1.27 bits per heavy atom. The zero-order valence-corrected chi connectivity index (χ0v) is 10.8. The molecular weight excluding hydrogens is 238 g/mol. The van der Waals surface area contributed by atoms with Gasteiger partial charge in [-0.15, -0.1) is 0 Å². The van der Waals surface area contributed by atoms with Crippen molar-refractivity contribution in [2.45, 2.75) is 19.9 Å².